The Bertz CT molecular complexity index is 746. The lowest BCUT2D eigenvalue weighted by Crippen LogP contribution is -2.14. The van der Waals surface area contributed by atoms with Gasteiger partial charge >= 0.3 is 0 Å². The van der Waals surface area contributed by atoms with E-state index in [1.165, 1.54) is 12.1 Å². The van der Waals surface area contributed by atoms with Crippen LogP contribution in [0.2, 0.25) is 5.02 Å². The molecule has 2 aromatic rings. The van der Waals surface area contributed by atoms with Crippen molar-refractivity contribution in [3.63, 3.8) is 0 Å². The molecule has 0 heterocycles. The van der Waals surface area contributed by atoms with Crippen molar-refractivity contribution in [2.45, 2.75) is 17.9 Å². The number of hydrogen-bond acceptors (Lipinski definition) is 3. The lowest BCUT2D eigenvalue weighted by molar-refractivity contribution is 0.601. The van der Waals surface area contributed by atoms with Crippen molar-refractivity contribution in [3.8, 4) is 0 Å². The quantitative estimate of drug-likeness (QED) is 0.832. The van der Waals surface area contributed by atoms with Crippen molar-refractivity contribution in [1.29, 1.82) is 0 Å². The summed E-state index contributed by atoms with van der Waals surface area (Å²) in [6.45, 7) is 1.84. The SMILES string of the molecule is CC(N)c1ccc(S(=O)(=O)Nc2cc(Cl)ccc2Br)cc1. The summed E-state index contributed by atoms with van der Waals surface area (Å²) in [4.78, 5) is 0.166. The largest absolute Gasteiger partial charge is 0.324 e. The van der Waals surface area contributed by atoms with E-state index in [0.29, 0.717) is 15.2 Å². The Kier molecular flexibility index (Phi) is 4.93. The van der Waals surface area contributed by atoms with E-state index in [9.17, 15) is 8.42 Å². The summed E-state index contributed by atoms with van der Waals surface area (Å²) >= 11 is 9.16. The molecule has 3 N–H and O–H groups in total. The zero-order chi connectivity index (χ0) is 15.6. The number of hydrogen-bond donors (Lipinski definition) is 2. The second kappa shape index (κ2) is 6.36. The van der Waals surface area contributed by atoms with Gasteiger partial charge in [-0.15, -0.1) is 0 Å². The number of anilines is 1. The molecule has 4 nitrogen and oxygen atoms in total. The van der Waals surface area contributed by atoms with Gasteiger partial charge in [0.25, 0.3) is 10.0 Å². The Morgan fingerprint density at radius 1 is 1.19 bits per heavy atom. The average Bonchev–Trinajstić information content (AvgIpc) is 2.43. The van der Waals surface area contributed by atoms with Crippen LogP contribution in [0.4, 0.5) is 5.69 Å². The molecule has 112 valence electrons. The predicted octanol–water partition coefficient (Wildman–Crippen LogP) is 3.92. The molecule has 21 heavy (non-hydrogen) atoms. The van der Waals surface area contributed by atoms with Crippen LogP contribution < -0.4 is 10.5 Å². The smallest absolute Gasteiger partial charge is 0.261 e. The van der Waals surface area contributed by atoms with E-state index < -0.39 is 10.0 Å². The van der Waals surface area contributed by atoms with Crippen LogP contribution in [0, 0.1) is 0 Å². The first-order valence-electron chi connectivity index (χ1n) is 6.13. The molecule has 0 spiro atoms. The molecule has 0 amide bonds. The van der Waals surface area contributed by atoms with Crippen LogP contribution in [0.5, 0.6) is 0 Å². The molecule has 2 aromatic carbocycles. The van der Waals surface area contributed by atoms with Gasteiger partial charge in [0.15, 0.2) is 0 Å². The summed E-state index contributed by atoms with van der Waals surface area (Å²) < 4.78 is 27.8. The minimum absolute atomic E-state index is 0.142. The third kappa shape index (κ3) is 3.97. The molecular formula is C14H14BrClN2O2S. The first-order chi connectivity index (χ1) is 9.79. The van der Waals surface area contributed by atoms with E-state index in [1.54, 1.807) is 30.3 Å². The number of halogens is 2. The normalized spacial score (nSPS) is 13.0. The lowest BCUT2D eigenvalue weighted by Gasteiger charge is -2.11. The minimum Gasteiger partial charge on any atom is -0.324 e. The van der Waals surface area contributed by atoms with Crippen molar-refractivity contribution >= 4 is 43.2 Å². The highest BCUT2D eigenvalue weighted by atomic mass is 79.9. The van der Waals surface area contributed by atoms with Gasteiger partial charge in [0.1, 0.15) is 0 Å². The zero-order valence-electron chi connectivity index (χ0n) is 11.2. The Balaban J connectivity index is 2.31. The van der Waals surface area contributed by atoms with E-state index in [-0.39, 0.29) is 10.9 Å². The van der Waals surface area contributed by atoms with Crippen LogP contribution in [-0.4, -0.2) is 8.42 Å². The fourth-order valence-electron chi connectivity index (χ4n) is 1.73. The van der Waals surface area contributed by atoms with Crippen LogP contribution in [0.3, 0.4) is 0 Å². The van der Waals surface area contributed by atoms with Gasteiger partial charge in [-0.1, -0.05) is 23.7 Å². The fraction of sp³-hybridized carbons (Fsp3) is 0.143. The van der Waals surface area contributed by atoms with Crippen LogP contribution in [0.1, 0.15) is 18.5 Å². The van der Waals surface area contributed by atoms with Crippen molar-refractivity contribution in [1.82, 2.24) is 0 Å². The number of sulfonamides is 1. The maximum Gasteiger partial charge on any atom is 0.261 e. The molecule has 0 saturated carbocycles. The molecule has 0 saturated heterocycles. The van der Waals surface area contributed by atoms with Gasteiger partial charge in [-0.25, -0.2) is 8.42 Å². The predicted molar refractivity (Wildman–Crippen MR) is 89.0 cm³/mol. The topological polar surface area (TPSA) is 72.2 Å². The van der Waals surface area contributed by atoms with Gasteiger partial charge in [-0.05, 0) is 58.7 Å². The van der Waals surface area contributed by atoms with E-state index in [0.717, 1.165) is 5.56 Å². The summed E-state index contributed by atoms with van der Waals surface area (Å²) in [5.41, 5.74) is 7.01. The first kappa shape index (κ1) is 16.3. The number of rotatable bonds is 4. The van der Waals surface area contributed by atoms with E-state index in [1.807, 2.05) is 6.92 Å². The third-order valence-corrected chi connectivity index (χ3v) is 5.20. The highest BCUT2D eigenvalue weighted by molar-refractivity contribution is 9.10. The van der Waals surface area contributed by atoms with Gasteiger partial charge in [-0.3, -0.25) is 4.72 Å². The van der Waals surface area contributed by atoms with Crippen molar-refractivity contribution in [3.05, 3.63) is 57.5 Å². The van der Waals surface area contributed by atoms with E-state index >= 15 is 0 Å². The highest BCUT2D eigenvalue weighted by Crippen LogP contribution is 2.28. The first-order valence-corrected chi connectivity index (χ1v) is 8.78. The molecule has 2 rings (SSSR count). The molecule has 0 aromatic heterocycles. The summed E-state index contributed by atoms with van der Waals surface area (Å²) in [6, 6.07) is 11.2. The molecule has 0 aliphatic rings. The number of nitrogens with one attached hydrogen (secondary N) is 1. The van der Waals surface area contributed by atoms with Crippen LogP contribution >= 0.6 is 27.5 Å². The van der Waals surface area contributed by atoms with Crippen molar-refractivity contribution in [2.75, 3.05) is 4.72 Å². The summed E-state index contributed by atoms with van der Waals surface area (Å²) in [6.07, 6.45) is 0. The maximum absolute atomic E-state index is 12.3. The molecule has 1 atom stereocenters. The van der Waals surface area contributed by atoms with Gasteiger partial charge in [-0.2, -0.15) is 0 Å². The van der Waals surface area contributed by atoms with Crippen LogP contribution in [-0.2, 0) is 10.0 Å². The summed E-state index contributed by atoms with van der Waals surface area (Å²) in [5.74, 6) is 0. The monoisotopic (exact) mass is 388 g/mol. The summed E-state index contributed by atoms with van der Waals surface area (Å²) in [7, 11) is -3.67. The van der Waals surface area contributed by atoms with Crippen molar-refractivity contribution in [2.24, 2.45) is 5.73 Å². The Morgan fingerprint density at radius 2 is 1.81 bits per heavy atom. The Morgan fingerprint density at radius 3 is 2.38 bits per heavy atom. The molecule has 0 aliphatic heterocycles. The standard InChI is InChI=1S/C14H14BrClN2O2S/c1-9(17)10-2-5-12(6-3-10)21(19,20)18-14-8-11(16)4-7-13(14)15/h2-9,18H,17H2,1H3. The number of nitrogens with two attached hydrogens (primary N) is 1. The molecular weight excluding hydrogens is 376 g/mol. The highest BCUT2D eigenvalue weighted by Gasteiger charge is 2.16. The van der Waals surface area contributed by atoms with Gasteiger partial charge in [0, 0.05) is 15.5 Å². The minimum atomic E-state index is -3.67. The molecule has 0 bridgehead atoms. The fourth-order valence-corrected chi connectivity index (χ4v) is 3.45. The van der Waals surface area contributed by atoms with Crippen LogP contribution in [0.25, 0.3) is 0 Å². The van der Waals surface area contributed by atoms with E-state index in [2.05, 4.69) is 20.7 Å². The average molecular weight is 390 g/mol. The molecule has 7 heteroatoms. The maximum atomic E-state index is 12.3. The number of benzene rings is 2. The second-order valence-corrected chi connectivity index (χ2v) is 7.56. The second-order valence-electron chi connectivity index (χ2n) is 4.59. The zero-order valence-corrected chi connectivity index (χ0v) is 14.3. The van der Waals surface area contributed by atoms with Crippen molar-refractivity contribution < 1.29 is 8.42 Å². The third-order valence-electron chi connectivity index (χ3n) is 2.89. The summed E-state index contributed by atoms with van der Waals surface area (Å²) in [5, 5.41) is 0.447. The lowest BCUT2D eigenvalue weighted by atomic mass is 10.1. The molecule has 1 unspecified atom stereocenters. The van der Waals surface area contributed by atoms with Gasteiger partial charge in [0.05, 0.1) is 10.6 Å². The van der Waals surface area contributed by atoms with Gasteiger partial charge in [0.2, 0.25) is 0 Å². The molecule has 0 fully saturated rings. The molecule has 0 radical (unpaired) electrons. The van der Waals surface area contributed by atoms with Crippen LogP contribution in [0.15, 0.2) is 51.8 Å². The molecule has 0 aliphatic carbocycles. The van der Waals surface area contributed by atoms with Gasteiger partial charge < -0.3 is 5.73 Å². The Hall–Kier alpha value is -1.08. The van der Waals surface area contributed by atoms with E-state index in [4.69, 9.17) is 17.3 Å². The Labute approximate surface area is 137 Å².